The maximum Gasteiger partial charge on any atom is 0.325 e. The van der Waals surface area contributed by atoms with Gasteiger partial charge in [-0.2, -0.15) is 11.3 Å². The molecule has 0 saturated carbocycles. The zero-order valence-electron chi connectivity index (χ0n) is 13.4. The molecule has 3 heterocycles. The van der Waals surface area contributed by atoms with E-state index in [1.807, 2.05) is 16.8 Å². The lowest BCUT2D eigenvalue weighted by Gasteiger charge is -2.36. The quantitative estimate of drug-likeness (QED) is 0.863. The molecule has 0 radical (unpaired) electrons. The lowest BCUT2D eigenvalue weighted by Crippen LogP contribution is -2.42. The highest BCUT2D eigenvalue weighted by molar-refractivity contribution is 7.08. The molecule has 0 aromatic carbocycles. The number of ether oxygens (including phenoxy) is 2. The van der Waals surface area contributed by atoms with Gasteiger partial charge in [0.1, 0.15) is 6.04 Å². The Morgan fingerprint density at radius 1 is 1.39 bits per heavy atom. The molecular formula is C17H25NO4S. The molecule has 0 spiro atoms. The van der Waals surface area contributed by atoms with E-state index in [2.05, 4.69) is 4.90 Å². The van der Waals surface area contributed by atoms with Crippen molar-refractivity contribution in [2.75, 3.05) is 26.3 Å². The van der Waals surface area contributed by atoms with Crippen molar-refractivity contribution in [2.45, 2.75) is 50.4 Å². The highest BCUT2D eigenvalue weighted by Gasteiger charge is 2.31. The Balaban J connectivity index is 1.46. The van der Waals surface area contributed by atoms with Crippen molar-refractivity contribution in [1.29, 1.82) is 0 Å². The number of carboxylic acid groups (broad SMARTS) is 1. The van der Waals surface area contributed by atoms with Crippen molar-refractivity contribution >= 4 is 17.3 Å². The molecule has 1 aromatic heterocycles. The van der Waals surface area contributed by atoms with Crippen LogP contribution in [0.5, 0.6) is 0 Å². The van der Waals surface area contributed by atoms with Gasteiger partial charge in [-0.25, -0.2) is 0 Å². The first-order chi connectivity index (χ1) is 11.2. The molecule has 1 N–H and O–H groups in total. The summed E-state index contributed by atoms with van der Waals surface area (Å²) in [5.74, 6) is -0.765. The zero-order valence-corrected chi connectivity index (χ0v) is 14.2. The van der Waals surface area contributed by atoms with Gasteiger partial charge in [0.15, 0.2) is 0 Å². The fourth-order valence-electron chi connectivity index (χ4n) is 3.42. The van der Waals surface area contributed by atoms with E-state index in [-0.39, 0.29) is 12.2 Å². The first-order valence-electron chi connectivity index (χ1n) is 8.46. The molecule has 2 unspecified atom stereocenters. The van der Waals surface area contributed by atoms with Crippen LogP contribution in [0.15, 0.2) is 16.8 Å². The maximum atomic E-state index is 11.6. The molecule has 2 aliphatic rings. The number of aliphatic carboxylic acids is 1. The van der Waals surface area contributed by atoms with Crippen molar-refractivity contribution in [2.24, 2.45) is 0 Å². The smallest absolute Gasteiger partial charge is 0.325 e. The van der Waals surface area contributed by atoms with Crippen LogP contribution in [0.2, 0.25) is 0 Å². The van der Waals surface area contributed by atoms with Crippen molar-refractivity contribution in [3.63, 3.8) is 0 Å². The van der Waals surface area contributed by atoms with Crippen molar-refractivity contribution in [1.82, 2.24) is 4.90 Å². The van der Waals surface area contributed by atoms with Gasteiger partial charge in [0.05, 0.1) is 18.8 Å². The van der Waals surface area contributed by atoms with E-state index < -0.39 is 12.0 Å². The number of hydrogen-bond donors (Lipinski definition) is 1. The van der Waals surface area contributed by atoms with Crippen LogP contribution in [0, 0.1) is 0 Å². The third-order valence-electron chi connectivity index (χ3n) is 4.73. The van der Waals surface area contributed by atoms with E-state index in [9.17, 15) is 9.90 Å². The third-order valence-corrected chi connectivity index (χ3v) is 5.43. The van der Waals surface area contributed by atoms with E-state index in [1.54, 1.807) is 11.3 Å². The number of carbonyl (C=O) groups is 1. The summed E-state index contributed by atoms with van der Waals surface area (Å²) in [5, 5.41) is 13.4. The van der Waals surface area contributed by atoms with E-state index in [4.69, 9.17) is 9.47 Å². The first kappa shape index (κ1) is 16.9. The standard InChI is InChI=1S/C17H25NO4S/c19-17(20)16(13-6-10-23-12-13)18-7-4-14(5-8-18)22-11-15-3-1-2-9-21-15/h6,10,12,14-16H,1-5,7-9,11H2,(H,19,20). The summed E-state index contributed by atoms with van der Waals surface area (Å²) in [6.07, 6.45) is 5.74. The first-order valence-corrected chi connectivity index (χ1v) is 9.40. The molecule has 1 aromatic rings. The monoisotopic (exact) mass is 339 g/mol. The van der Waals surface area contributed by atoms with Crippen LogP contribution in [-0.4, -0.2) is 54.5 Å². The summed E-state index contributed by atoms with van der Waals surface area (Å²) < 4.78 is 11.7. The number of nitrogens with zero attached hydrogens (tertiary/aromatic N) is 1. The lowest BCUT2D eigenvalue weighted by molar-refractivity contribution is -0.145. The number of piperidine rings is 1. The molecule has 2 fully saturated rings. The molecular weight excluding hydrogens is 314 g/mol. The maximum absolute atomic E-state index is 11.6. The van der Waals surface area contributed by atoms with Crippen molar-refractivity contribution in [3.05, 3.63) is 22.4 Å². The largest absolute Gasteiger partial charge is 0.480 e. The second-order valence-electron chi connectivity index (χ2n) is 6.35. The van der Waals surface area contributed by atoms with Gasteiger partial charge in [-0.15, -0.1) is 0 Å². The van der Waals surface area contributed by atoms with Crippen LogP contribution in [0.4, 0.5) is 0 Å². The highest BCUT2D eigenvalue weighted by Crippen LogP contribution is 2.27. The summed E-state index contributed by atoms with van der Waals surface area (Å²) in [6, 6.07) is 1.38. The second-order valence-corrected chi connectivity index (χ2v) is 7.13. The molecule has 2 atom stereocenters. The minimum Gasteiger partial charge on any atom is -0.480 e. The number of hydrogen-bond acceptors (Lipinski definition) is 5. The van der Waals surface area contributed by atoms with Crippen LogP contribution in [0.1, 0.15) is 43.7 Å². The predicted octanol–water partition coefficient (Wildman–Crippen LogP) is 2.92. The Hall–Kier alpha value is -0.950. The van der Waals surface area contributed by atoms with Crippen LogP contribution in [-0.2, 0) is 14.3 Å². The van der Waals surface area contributed by atoms with Gasteiger partial charge in [0.2, 0.25) is 0 Å². The van der Waals surface area contributed by atoms with Gasteiger partial charge in [-0.3, -0.25) is 9.69 Å². The van der Waals surface area contributed by atoms with Crippen LogP contribution < -0.4 is 0 Å². The molecule has 23 heavy (non-hydrogen) atoms. The molecule has 0 bridgehead atoms. The zero-order chi connectivity index (χ0) is 16.1. The average Bonchev–Trinajstić information content (AvgIpc) is 3.09. The van der Waals surface area contributed by atoms with Crippen molar-refractivity contribution < 1.29 is 19.4 Å². The highest BCUT2D eigenvalue weighted by atomic mass is 32.1. The third kappa shape index (κ3) is 4.53. The number of likely N-dealkylation sites (tertiary alicyclic amines) is 1. The molecule has 5 nitrogen and oxygen atoms in total. The molecule has 6 heteroatoms. The molecule has 0 aliphatic carbocycles. The summed E-state index contributed by atoms with van der Waals surface area (Å²) >= 11 is 1.55. The SMILES string of the molecule is O=C(O)C(c1ccsc1)N1CCC(OCC2CCCCO2)CC1. The lowest BCUT2D eigenvalue weighted by atomic mass is 10.0. The summed E-state index contributed by atoms with van der Waals surface area (Å²) in [5.41, 5.74) is 0.887. The van der Waals surface area contributed by atoms with Crippen molar-refractivity contribution in [3.8, 4) is 0 Å². The number of rotatable bonds is 6. The Bertz CT molecular complexity index is 479. The Morgan fingerprint density at radius 3 is 2.83 bits per heavy atom. The van der Waals surface area contributed by atoms with E-state index in [1.165, 1.54) is 6.42 Å². The average molecular weight is 339 g/mol. The fourth-order valence-corrected chi connectivity index (χ4v) is 4.10. The Kier molecular flexibility index (Phi) is 6.05. The van der Waals surface area contributed by atoms with Crippen LogP contribution in [0.3, 0.4) is 0 Å². The molecule has 2 saturated heterocycles. The van der Waals surface area contributed by atoms with Gasteiger partial charge in [0.25, 0.3) is 0 Å². The van der Waals surface area contributed by atoms with Gasteiger partial charge >= 0.3 is 5.97 Å². The Labute approximate surface area is 141 Å². The number of carboxylic acids is 1. The van der Waals surface area contributed by atoms with Gasteiger partial charge in [-0.05, 0) is 54.5 Å². The molecule has 0 amide bonds. The molecule has 3 rings (SSSR count). The Morgan fingerprint density at radius 2 is 2.22 bits per heavy atom. The predicted molar refractivity (Wildman–Crippen MR) is 88.8 cm³/mol. The van der Waals surface area contributed by atoms with Gasteiger partial charge in [-0.1, -0.05) is 0 Å². The summed E-state index contributed by atoms with van der Waals surface area (Å²) in [7, 11) is 0. The van der Waals surface area contributed by atoms with Crippen LogP contribution >= 0.6 is 11.3 Å². The summed E-state index contributed by atoms with van der Waals surface area (Å²) in [4.78, 5) is 13.7. The topological polar surface area (TPSA) is 59.0 Å². The van der Waals surface area contributed by atoms with E-state index in [0.29, 0.717) is 6.61 Å². The van der Waals surface area contributed by atoms with Gasteiger partial charge in [0, 0.05) is 19.7 Å². The van der Waals surface area contributed by atoms with Gasteiger partial charge < -0.3 is 14.6 Å². The fraction of sp³-hybridized carbons (Fsp3) is 0.706. The van der Waals surface area contributed by atoms with E-state index >= 15 is 0 Å². The van der Waals surface area contributed by atoms with E-state index in [0.717, 1.165) is 50.9 Å². The molecule has 2 aliphatic heterocycles. The minimum atomic E-state index is -0.765. The molecule has 128 valence electrons. The minimum absolute atomic E-state index is 0.230. The second kappa shape index (κ2) is 8.24. The number of thiophene rings is 1. The van der Waals surface area contributed by atoms with Crippen LogP contribution in [0.25, 0.3) is 0 Å². The summed E-state index contributed by atoms with van der Waals surface area (Å²) in [6.45, 7) is 3.07. The normalized spacial score (nSPS) is 25.3.